The fourth-order valence-corrected chi connectivity index (χ4v) is 5.42. The van der Waals surface area contributed by atoms with Crippen LogP contribution in [0.2, 0.25) is 0 Å². The summed E-state index contributed by atoms with van der Waals surface area (Å²) in [5.41, 5.74) is 1.79. The van der Waals surface area contributed by atoms with Crippen molar-refractivity contribution in [3.8, 4) is 11.5 Å². The van der Waals surface area contributed by atoms with Crippen LogP contribution in [0.1, 0.15) is 28.8 Å². The second-order valence-corrected chi connectivity index (χ2v) is 11.0. The molecule has 3 aromatic carbocycles. The zero-order chi connectivity index (χ0) is 28.8. The number of sulfonamides is 1. The SMILES string of the molecule is COc1ccc(N(Cc2ccc[nH]c2=O)c2ccc(C(=O)NS(=O)(=O)c3ccccc3)cc2)cc1O[C@@H]1CCCO1. The van der Waals surface area contributed by atoms with Gasteiger partial charge >= 0.3 is 0 Å². The molecule has 10 nitrogen and oxygen atoms in total. The molecule has 0 saturated carbocycles. The Hall–Kier alpha value is -4.61. The summed E-state index contributed by atoms with van der Waals surface area (Å²) in [6.07, 6.45) is 2.85. The van der Waals surface area contributed by atoms with Crippen molar-refractivity contribution in [3.05, 3.63) is 113 Å². The van der Waals surface area contributed by atoms with E-state index >= 15 is 0 Å². The van der Waals surface area contributed by atoms with E-state index in [1.54, 1.807) is 61.8 Å². The third kappa shape index (κ3) is 6.59. The number of hydrogen-bond donors (Lipinski definition) is 2. The van der Waals surface area contributed by atoms with E-state index in [2.05, 4.69) is 9.71 Å². The Morgan fingerprint density at radius 1 is 1.00 bits per heavy atom. The number of methoxy groups -OCH3 is 1. The molecule has 0 bridgehead atoms. The molecule has 1 amide bonds. The predicted octanol–water partition coefficient (Wildman–Crippen LogP) is 4.36. The normalized spacial score (nSPS) is 14.8. The Labute approximate surface area is 237 Å². The van der Waals surface area contributed by atoms with Crippen LogP contribution >= 0.6 is 0 Å². The van der Waals surface area contributed by atoms with Gasteiger partial charge in [-0.3, -0.25) is 9.59 Å². The molecule has 2 heterocycles. The first kappa shape index (κ1) is 27.9. The number of amides is 1. The Kier molecular flexibility index (Phi) is 8.37. The van der Waals surface area contributed by atoms with Crippen molar-refractivity contribution in [3.63, 3.8) is 0 Å². The average Bonchev–Trinajstić information content (AvgIpc) is 3.50. The maximum Gasteiger partial charge on any atom is 0.264 e. The fourth-order valence-electron chi connectivity index (χ4n) is 4.42. The van der Waals surface area contributed by atoms with Gasteiger partial charge < -0.3 is 24.1 Å². The summed E-state index contributed by atoms with van der Waals surface area (Å²) in [5.74, 6) is 0.266. The quantitative estimate of drug-likeness (QED) is 0.286. The molecule has 11 heteroatoms. The number of ether oxygens (including phenoxy) is 3. The lowest BCUT2D eigenvalue weighted by molar-refractivity contribution is -0.0402. The zero-order valence-corrected chi connectivity index (χ0v) is 23.1. The molecule has 4 aromatic rings. The monoisotopic (exact) mass is 575 g/mol. The molecular formula is C30H29N3O7S. The lowest BCUT2D eigenvalue weighted by Gasteiger charge is -2.26. The summed E-state index contributed by atoms with van der Waals surface area (Å²) in [7, 11) is -2.47. The average molecular weight is 576 g/mol. The minimum absolute atomic E-state index is 0.00948. The van der Waals surface area contributed by atoms with Crippen LogP contribution in [0.5, 0.6) is 11.5 Å². The number of aromatic nitrogens is 1. The molecule has 212 valence electrons. The van der Waals surface area contributed by atoms with E-state index in [9.17, 15) is 18.0 Å². The topological polar surface area (TPSA) is 127 Å². The van der Waals surface area contributed by atoms with Crippen molar-refractivity contribution < 1.29 is 27.4 Å². The molecule has 0 radical (unpaired) electrons. The highest BCUT2D eigenvalue weighted by molar-refractivity contribution is 7.90. The summed E-state index contributed by atoms with van der Waals surface area (Å²) in [4.78, 5) is 29.9. The van der Waals surface area contributed by atoms with Crippen LogP contribution in [0.25, 0.3) is 0 Å². The Morgan fingerprint density at radius 3 is 2.44 bits per heavy atom. The minimum Gasteiger partial charge on any atom is -0.493 e. The number of carbonyl (C=O) groups is 1. The summed E-state index contributed by atoms with van der Waals surface area (Å²) in [5, 5.41) is 0. The van der Waals surface area contributed by atoms with Gasteiger partial charge in [-0.15, -0.1) is 0 Å². The molecule has 41 heavy (non-hydrogen) atoms. The van der Waals surface area contributed by atoms with Crippen molar-refractivity contribution in [2.75, 3.05) is 18.6 Å². The number of carbonyl (C=O) groups excluding carboxylic acids is 1. The van der Waals surface area contributed by atoms with Gasteiger partial charge in [0.15, 0.2) is 17.8 Å². The molecule has 5 rings (SSSR count). The lowest BCUT2D eigenvalue weighted by Crippen LogP contribution is -2.30. The van der Waals surface area contributed by atoms with Gasteiger partial charge in [0.1, 0.15) is 0 Å². The first-order chi connectivity index (χ1) is 19.8. The highest BCUT2D eigenvalue weighted by atomic mass is 32.2. The van der Waals surface area contributed by atoms with Crippen LogP contribution in [-0.2, 0) is 21.3 Å². The van der Waals surface area contributed by atoms with Crippen LogP contribution in [-0.4, -0.2) is 39.3 Å². The number of hydrogen-bond acceptors (Lipinski definition) is 8. The van der Waals surface area contributed by atoms with Crippen molar-refractivity contribution in [2.24, 2.45) is 0 Å². The Morgan fingerprint density at radius 2 is 1.76 bits per heavy atom. The van der Waals surface area contributed by atoms with Gasteiger partial charge in [-0.05, 0) is 61.0 Å². The number of benzene rings is 3. The number of H-pyrrole nitrogens is 1. The number of nitrogens with one attached hydrogen (secondary N) is 2. The van der Waals surface area contributed by atoms with Gasteiger partial charge in [-0.2, -0.15) is 0 Å². The molecule has 0 spiro atoms. The molecular weight excluding hydrogens is 546 g/mol. The molecule has 1 fully saturated rings. The van der Waals surface area contributed by atoms with Gasteiger partial charge in [0.2, 0.25) is 0 Å². The van der Waals surface area contributed by atoms with Crippen LogP contribution in [0, 0.1) is 0 Å². The highest BCUT2D eigenvalue weighted by Gasteiger charge is 2.22. The van der Waals surface area contributed by atoms with Gasteiger partial charge in [0.25, 0.3) is 21.5 Å². The van der Waals surface area contributed by atoms with E-state index in [1.807, 2.05) is 17.0 Å². The number of nitrogens with zero attached hydrogens (tertiary/aromatic N) is 1. The second kappa shape index (κ2) is 12.3. The van der Waals surface area contributed by atoms with E-state index in [-0.39, 0.29) is 28.9 Å². The van der Waals surface area contributed by atoms with Gasteiger partial charge in [-0.25, -0.2) is 13.1 Å². The first-order valence-electron chi connectivity index (χ1n) is 13.0. The van der Waals surface area contributed by atoms with E-state index in [0.29, 0.717) is 35.0 Å². The van der Waals surface area contributed by atoms with Gasteiger partial charge in [0, 0.05) is 41.2 Å². The standard InChI is InChI=1S/C30H29N3O7S/c1-38-26-16-15-24(19-27(26)40-28-10-6-18-39-28)33(20-22-7-5-17-31-29(22)34)23-13-11-21(12-14-23)30(35)32-41(36,37)25-8-3-2-4-9-25/h2-5,7-9,11-17,19,28H,6,10,18,20H2,1H3,(H,31,34)(H,32,35)/t28-/m1/s1. The molecule has 0 unspecified atom stereocenters. The zero-order valence-electron chi connectivity index (χ0n) is 22.3. The van der Waals surface area contributed by atoms with E-state index < -0.39 is 15.9 Å². The third-order valence-electron chi connectivity index (χ3n) is 6.56. The third-order valence-corrected chi connectivity index (χ3v) is 7.90. The largest absolute Gasteiger partial charge is 0.493 e. The molecule has 0 aliphatic carbocycles. The summed E-state index contributed by atoms with van der Waals surface area (Å²) in [6.45, 7) is 0.831. The predicted molar refractivity (Wildman–Crippen MR) is 153 cm³/mol. The molecule has 1 atom stereocenters. The van der Waals surface area contributed by atoms with Gasteiger partial charge in [-0.1, -0.05) is 24.3 Å². The molecule has 1 aromatic heterocycles. The van der Waals surface area contributed by atoms with E-state index in [1.165, 1.54) is 24.3 Å². The molecule has 1 saturated heterocycles. The lowest BCUT2D eigenvalue weighted by atomic mass is 10.1. The number of aromatic amines is 1. The highest BCUT2D eigenvalue weighted by Crippen LogP contribution is 2.37. The minimum atomic E-state index is -4.03. The van der Waals surface area contributed by atoms with Crippen molar-refractivity contribution in [2.45, 2.75) is 30.6 Å². The summed E-state index contributed by atoms with van der Waals surface area (Å²) >= 11 is 0. The van der Waals surface area contributed by atoms with E-state index in [0.717, 1.165) is 12.8 Å². The van der Waals surface area contributed by atoms with Crippen molar-refractivity contribution in [1.82, 2.24) is 9.71 Å². The van der Waals surface area contributed by atoms with Crippen LogP contribution in [0.3, 0.4) is 0 Å². The van der Waals surface area contributed by atoms with Crippen molar-refractivity contribution >= 4 is 27.3 Å². The second-order valence-electron chi connectivity index (χ2n) is 9.30. The maximum absolute atomic E-state index is 12.8. The molecule has 1 aliphatic rings. The van der Waals surface area contributed by atoms with Crippen LogP contribution in [0.15, 0.2) is 101 Å². The maximum atomic E-state index is 12.8. The number of rotatable bonds is 10. The van der Waals surface area contributed by atoms with Crippen molar-refractivity contribution in [1.29, 1.82) is 0 Å². The Balaban J connectivity index is 1.45. The summed E-state index contributed by atoms with van der Waals surface area (Å²) in [6, 6.07) is 23.0. The van der Waals surface area contributed by atoms with Crippen LogP contribution in [0.4, 0.5) is 11.4 Å². The molecule has 1 aliphatic heterocycles. The first-order valence-corrected chi connectivity index (χ1v) is 14.4. The number of pyridine rings is 1. The summed E-state index contributed by atoms with van der Waals surface area (Å²) < 4.78 is 44.5. The van der Waals surface area contributed by atoms with Gasteiger partial charge in [0.05, 0.1) is 25.2 Å². The molecule has 2 N–H and O–H groups in total. The Bertz CT molecular complexity index is 1670. The smallest absolute Gasteiger partial charge is 0.264 e. The van der Waals surface area contributed by atoms with E-state index in [4.69, 9.17) is 14.2 Å². The fraction of sp³-hybridized carbons (Fsp3) is 0.200. The van der Waals surface area contributed by atoms with Crippen LogP contribution < -0.4 is 24.7 Å². The number of anilines is 2.